The maximum atomic E-state index is 12.9. The molecule has 8 heteroatoms. The molecule has 3 rings (SSSR count). The number of rotatable bonds is 7. The van der Waals surface area contributed by atoms with Crippen LogP contribution < -0.4 is 4.72 Å². The molecule has 28 heavy (non-hydrogen) atoms. The molecule has 1 aromatic rings. The first-order valence-electron chi connectivity index (χ1n) is 10.0. The minimum Gasteiger partial charge on any atom is -0.342 e. The molecule has 0 aromatic heterocycles. The highest BCUT2D eigenvalue weighted by Crippen LogP contribution is 2.41. The third-order valence-corrected chi connectivity index (χ3v) is 7.17. The second-order valence-corrected chi connectivity index (χ2v) is 9.49. The Morgan fingerprint density at radius 2 is 1.79 bits per heavy atom. The highest BCUT2D eigenvalue weighted by atomic mass is 32.2. The lowest BCUT2D eigenvalue weighted by Gasteiger charge is -2.23. The van der Waals surface area contributed by atoms with Crippen LogP contribution in [0.15, 0.2) is 29.2 Å². The summed E-state index contributed by atoms with van der Waals surface area (Å²) in [7, 11) is -3.55. The monoisotopic (exact) mass is 407 g/mol. The SMILES string of the molecule is CCCNS(=O)(=O)c1ccc(C(=O)N2CCC3(CCN(CCC)C3=O)C2)cc1. The standard InChI is InChI=1S/C20H29N3O4S/c1-3-11-21-28(26,27)17-7-5-16(6-8-17)18(24)23-14-10-20(15-23)9-13-22(12-4-2)19(20)25/h5-8,21H,3-4,9-15H2,1-2H3. The van der Waals surface area contributed by atoms with Crippen LogP contribution in [0.2, 0.25) is 0 Å². The van der Waals surface area contributed by atoms with Crippen LogP contribution in [0.25, 0.3) is 0 Å². The van der Waals surface area contributed by atoms with Gasteiger partial charge in [-0.25, -0.2) is 13.1 Å². The van der Waals surface area contributed by atoms with Gasteiger partial charge in [-0.05, 0) is 49.9 Å². The Morgan fingerprint density at radius 3 is 2.43 bits per heavy atom. The molecule has 1 atom stereocenters. The number of nitrogens with one attached hydrogen (secondary N) is 1. The van der Waals surface area contributed by atoms with Gasteiger partial charge in [0.15, 0.2) is 0 Å². The molecule has 2 fully saturated rings. The lowest BCUT2D eigenvalue weighted by Crippen LogP contribution is -2.38. The van der Waals surface area contributed by atoms with Crippen molar-refractivity contribution >= 4 is 21.8 Å². The summed E-state index contributed by atoms with van der Waals surface area (Å²) >= 11 is 0. The summed E-state index contributed by atoms with van der Waals surface area (Å²) in [6.07, 6.45) is 3.15. The number of hydrogen-bond acceptors (Lipinski definition) is 4. The van der Waals surface area contributed by atoms with Crippen molar-refractivity contribution in [3.8, 4) is 0 Å². The van der Waals surface area contributed by atoms with Gasteiger partial charge in [-0.3, -0.25) is 9.59 Å². The lowest BCUT2D eigenvalue weighted by molar-refractivity contribution is -0.135. The van der Waals surface area contributed by atoms with Crippen LogP contribution in [0.3, 0.4) is 0 Å². The smallest absolute Gasteiger partial charge is 0.253 e. The normalized spacial score (nSPS) is 22.4. The number of hydrogen-bond donors (Lipinski definition) is 1. The van der Waals surface area contributed by atoms with Crippen molar-refractivity contribution in [2.45, 2.75) is 44.4 Å². The van der Waals surface area contributed by atoms with Gasteiger partial charge < -0.3 is 9.80 Å². The zero-order valence-electron chi connectivity index (χ0n) is 16.6. The highest BCUT2D eigenvalue weighted by Gasteiger charge is 2.51. The molecule has 2 heterocycles. The number of benzene rings is 1. The van der Waals surface area contributed by atoms with Crippen LogP contribution in [-0.2, 0) is 14.8 Å². The second-order valence-electron chi connectivity index (χ2n) is 7.72. The first kappa shape index (κ1) is 20.8. The van der Waals surface area contributed by atoms with Gasteiger partial charge in [-0.1, -0.05) is 13.8 Å². The van der Waals surface area contributed by atoms with E-state index in [4.69, 9.17) is 0 Å². The molecule has 1 N–H and O–H groups in total. The Kier molecular flexibility index (Phi) is 6.09. The summed E-state index contributed by atoms with van der Waals surface area (Å²) in [5, 5.41) is 0. The summed E-state index contributed by atoms with van der Waals surface area (Å²) in [6, 6.07) is 6.02. The van der Waals surface area contributed by atoms with Crippen molar-refractivity contribution in [2.24, 2.45) is 5.41 Å². The summed E-state index contributed by atoms with van der Waals surface area (Å²) in [5.41, 5.74) is 0.0143. The maximum absolute atomic E-state index is 12.9. The molecule has 2 amide bonds. The Morgan fingerprint density at radius 1 is 1.11 bits per heavy atom. The molecule has 0 saturated carbocycles. The molecule has 1 aromatic carbocycles. The Balaban J connectivity index is 1.68. The van der Waals surface area contributed by atoms with E-state index in [1.165, 1.54) is 12.1 Å². The van der Waals surface area contributed by atoms with Gasteiger partial charge in [0.25, 0.3) is 5.91 Å². The van der Waals surface area contributed by atoms with Crippen molar-refractivity contribution < 1.29 is 18.0 Å². The number of carbonyl (C=O) groups is 2. The Bertz CT molecular complexity index is 838. The molecular weight excluding hydrogens is 378 g/mol. The fourth-order valence-electron chi connectivity index (χ4n) is 4.08. The third-order valence-electron chi connectivity index (χ3n) is 5.69. The second kappa shape index (κ2) is 8.21. The predicted octanol–water partition coefficient (Wildman–Crippen LogP) is 1.85. The predicted molar refractivity (Wildman–Crippen MR) is 106 cm³/mol. The third kappa shape index (κ3) is 3.93. The molecule has 0 bridgehead atoms. The summed E-state index contributed by atoms with van der Waals surface area (Å²) in [4.78, 5) is 29.4. The van der Waals surface area contributed by atoms with E-state index in [2.05, 4.69) is 11.6 Å². The molecule has 1 spiro atoms. The molecule has 0 radical (unpaired) electrons. The van der Waals surface area contributed by atoms with Gasteiger partial charge in [-0.2, -0.15) is 0 Å². The van der Waals surface area contributed by atoms with Crippen molar-refractivity contribution in [1.82, 2.24) is 14.5 Å². The van der Waals surface area contributed by atoms with Crippen molar-refractivity contribution in [3.63, 3.8) is 0 Å². The summed E-state index contributed by atoms with van der Waals surface area (Å²) in [5.74, 6) is 0.0252. The topological polar surface area (TPSA) is 86.8 Å². The van der Waals surface area contributed by atoms with Gasteiger partial charge in [0.05, 0.1) is 10.3 Å². The van der Waals surface area contributed by atoms with E-state index in [1.54, 1.807) is 17.0 Å². The van der Waals surface area contributed by atoms with Crippen LogP contribution in [0, 0.1) is 5.41 Å². The summed E-state index contributed by atoms with van der Waals surface area (Å²) < 4.78 is 26.9. The Hall–Kier alpha value is -1.93. The van der Waals surface area contributed by atoms with Crippen molar-refractivity contribution in [3.05, 3.63) is 29.8 Å². The zero-order valence-corrected chi connectivity index (χ0v) is 17.4. The molecule has 0 aliphatic carbocycles. The van der Waals surface area contributed by atoms with E-state index in [0.717, 1.165) is 25.9 Å². The van der Waals surface area contributed by atoms with Gasteiger partial charge in [-0.15, -0.1) is 0 Å². The van der Waals surface area contributed by atoms with Crippen molar-refractivity contribution in [1.29, 1.82) is 0 Å². The van der Waals surface area contributed by atoms with Crippen LogP contribution >= 0.6 is 0 Å². The molecule has 2 aliphatic heterocycles. The molecular formula is C20H29N3O4S. The van der Waals surface area contributed by atoms with Crippen LogP contribution in [0.4, 0.5) is 0 Å². The zero-order chi connectivity index (χ0) is 20.4. The number of likely N-dealkylation sites (tertiary alicyclic amines) is 2. The maximum Gasteiger partial charge on any atom is 0.253 e. The fourth-order valence-corrected chi connectivity index (χ4v) is 5.21. The number of amides is 2. The van der Waals surface area contributed by atoms with Crippen LogP contribution in [-0.4, -0.2) is 62.8 Å². The largest absolute Gasteiger partial charge is 0.342 e. The number of sulfonamides is 1. The molecule has 7 nitrogen and oxygen atoms in total. The Labute approximate surface area is 167 Å². The highest BCUT2D eigenvalue weighted by molar-refractivity contribution is 7.89. The van der Waals surface area contributed by atoms with E-state index in [-0.39, 0.29) is 16.7 Å². The molecule has 1 unspecified atom stereocenters. The summed E-state index contributed by atoms with van der Waals surface area (Å²) in [6.45, 7) is 6.88. The minimum absolute atomic E-state index is 0.149. The van der Waals surface area contributed by atoms with E-state index < -0.39 is 15.4 Å². The van der Waals surface area contributed by atoms with Gasteiger partial charge in [0.1, 0.15) is 0 Å². The lowest BCUT2D eigenvalue weighted by atomic mass is 9.85. The van der Waals surface area contributed by atoms with E-state index in [0.29, 0.717) is 38.0 Å². The first-order valence-corrected chi connectivity index (χ1v) is 11.5. The van der Waals surface area contributed by atoms with Gasteiger partial charge >= 0.3 is 0 Å². The van der Waals surface area contributed by atoms with E-state index in [1.807, 2.05) is 11.8 Å². The fraction of sp³-hybridized carbons (Fsp3) is 0.600. The van der Waals surface area contributed by atoms with Crippen molar-refractivity contribution in [2.75, 3.05) is 32.7 Å². The van der Waals surface area contributed by atoms with Crippen LogP contribution in [0.5, 0.6) is 0 Å². The van der Waals surface area contributed by atoms with E-state index in [9.17, 15) is 18.0 Å². The van der Waals surface area contributed by atoms with E-state index >= 15 is 0 Å². The minimum atomic E-state index is -3.55. The molecule has 2 saturated heterocycles. The molecule has 154 valence electrons. The first-order chi connectivity index (χ1) is 13.3. The average molecular weight is 408 g/mol. The van der Waals surface area contributed by atoms with Gasteiger partial charge in [0, 0.05) is 38.3 Å². The average Bonchev–Trinajstić information content (AvgIpc) is 3.26. The number of nitrogens with zero attached hydrogens (tertiary/aromatic N) is 2. The quantitative estimate of drug-likeness (QED) is 0.747. The van der Waals surface area contributed by atoms with Crippen LogP contribution in [0.1, 0.15) is 49.9 Å². The molecule has 2 aliphatic rings. The number of carbonyl (C=O) groups excluding carboxylic acids is 2. The van der Waals surface area contributed by atoms with Gasteiger partial charge in [0.2, 0.25) is 15.9 Å².